The predicted octanol–water partition coefficient (Wildman–Crippen LogP) is -4.05. The molecule has 7 nitrogen and oxygen atoms in total. The summed E-state index contributed by atoms with van der Waals surface area (Å²) < 4.78 is 4.58. The van der Waals surface area contributed by atoms with E-state index < -0.39 is 37.3 Å². The highest BCUT2D eigenvalue weighted by Crippen LogP contribution is 2.18. The lowest BCUT2D eigenvalue weighted by atomic mass is 10.00. The lowest BCUT2D eigenvalue weighted by Gasteiger charge is -2.37. The number of ether oxygens (including phenoxy) is 1. The summed E-state index contributed by atoms with van der Waals surface area (Å²) in [6.07, 6.45) is -7.04. The molecule has 1 fully saturated rings. The van der Waals surface area contributed by atoms with Crippen molar-refractivity contribution < 1.29 is 35.7 Å². The molecule has 1 heterocycles. The Morgan fingerprint density at radius 2 is 1.46 bits per heavy atom. The first-order valence-electron chi connectivity index (χ1n) is 3.56. The van der Waals surface area contributed by atoms with E-state index in [1.54, 1.807) is 0 Å². The molecule has 0 bridgehead atoms. The number of rotatable bonds is 1. The van der Waals surface area contributed by atoms with E-state index in [9.17, 15) is 0 Å². The Kier molecular flexibility index (Phi) is 4.71. The Morgan fingerprint density at radius 3 is 1.92 bits per heavy atom. The highest BCUT2D eigenvalue weighted by Gasteiger charge is 2.42. The van der Waals surface area contributed by atoms with E-state index in [1.165, 1.54) is 0 Å². The smallest absolute Gasteiger partial charge is 0.184 e. The van der Waals surface area contributed by atoms with Crippen LogP contribution in [0.3, 0.4) is 0 Å². The van der Waals surface area contributed by atoms with Crippen LogP contribution in [0.15, 0.2) is 0 Å². The van der Waals surface area contributed by atoms with Crippen molar-refractivity contribution in [2.45, 2.75) is 30.7 Å². The molecule has 0 spiro atoms. The molecule has 1 saturated heterocycles. The first-order valence-corrected chi connectivity index (χ1v) is 3.56. The van der Waals surface area contributed by atoms with Crippen LogP contribution in [0.5, 0.6) is 0 Å². The summed E-state index contributed by atoms with van der Waals surface area (Å²) in [5, 5.41) is 44.7. The van der Waals surface area contributed by atoms with Crippen LogP contribution < -0.4 is 0 Å². The van der Waals surface area contributed by atoms with Crippen LogP contribution in [0.4, 0.5) is 0 Å². The van der Waals surface area contributed by atoms with Crippen molar-refractivity contribution in [1.29, 1.82) is 0 Å². The minimum absolute atomic E-state index is 0. The van der Waals surface area contributed by atoms with Crippen LogP contribution in [-0.4, -0.2) is 68.3 Å². The van der Waals surface area contributed by atoms with Gasteiger partial charge in [0.05, 0.1) is 6.61 Å². The molecule has 0 aromatic heterocycles. The standard InChI is InChI=1S/C6H12O6.H2O/c7-1-2-3(8)4(9)5(10)6(11)12-2;/h2-11H,1H2;1H2/t2-,3-,4+,5-,6-;/m1./s1. The largest absolute Gasteiger partial charge is 0.412 e. The van der Waals surface area contributed by atoms with Crippen molar-refractivity contribution in [3.63, 3.8) is 0 Å². The molecule has 0 amide bonds. The van der Waals surface area contributed by atoms with Gasteiger partial charge in [-0.25, -0.2) is 0 Å². The molecule has 5 atom stereocenters. The third-order valence-electron chi connectivity index (χ3n) is 1.87. The molecule has 0 unspecified atom stereocenters. The Balaban J connectivity index is 0.00000144. The fourth-order valence-electron chi connectivity index (χ4n) is 1.08. The maximum absolute atomic E-state index is 9.12. The summed E-state index contributed by atoms with van der Waals surface area (Å²) in [7, 11) is 0. The first-order chi connectivity index (χ1) is 5.57. The minimum Gasteiger partial charge on any atom is -0.412 e. The van der Waals surface area contributed by atoms with Crippen LogP contribution in [0.25, 0.3) is 0 Å². The molecule has 0 saturated carbocycles. The number of aliphatic hydroxyl groups is 5. The van der Waals surface area contributed by atoms with E-state index in [-0.39, 0.29) is 5.48 Å². The van der Waals surface area contributed by atoms with Gasteiger partial charge >= 0.3 is 0 Å². The zero-order chi connectivity index (χ0) is 9.30. The van der Waals surface area contributed by atoms with Crippen LogP contribution in [0.1, 0.15) is 0 Å². The first kappa shape index (κ1) is 12.7. The predicted molar refractivity (Wildman–Crippen MR) is 39.6 cm³/mol. The van der Waals surface area contributed by atoms with Crippen molar-refractivity contribution in [1.82, 2.24) is 0 Å². The summed E-state index contributed by atoms with van der Waals surface area (Å²) in [6.45, 7) is -0.526. The fraction of sp³-hybridized carbons (Fsp3) is 1.00. The molecule has 1 aliphatic heterocycles. The second kappa shape index (κ2) is 4.82. The number of hydrogen-bond donors (Lipinski definition) is 5. The summed E-state index contributed by atoms with van der Waals surface area (Å²) in [6, 6.07) is 0. The average Bonchev–Trinajstić information content (AvgIpc) is 2.08. The van der Waals surface area contributed by atoms with Gasteiger partial charge in [-0.05, 0) is 0 Å². The molecule has 0 aromatic rings. The average molecular weight is 198 g/mol. The summed E-state index contributed by atoms with van der Waals surface area (Å²) in [5.74, 6) is 0. The highest BCUT2D eigenvalue weighted by molar-refractivity contribution is 4.87. The Morgan fingerprint density at radius 1 is 0.923 bits per heavy atom. The SMILES string of the molecule is O.OC[C@H]1O[C@@H](O)[C@H](O)[C@@H](O)[C@@H]1O. The molecule has 0 aromatic carbocycles. The molecule has 13 heavy (non-hydrogen) atoms. The van der Waals surface area contributed by atoms with Gasteiger partial charge in [-0.3, -0.25) is 0 Å². The highest BCUT2D eigenvalue weighted by atomic mass is 16.6. The molecule has 0 radical (unpaired) electrons. The van der Waals surface area contributed by atoms with E-state index in [0.29, 0.717) is 0 Å². The van der Waals surface area contributed by atoms with Gasteiger partial charge in [-0.15, -0.1) is 0 Å². The van der Waals surface area contributed by atoms with Gasteiger partial charge in [0, 0.05) is 0 Å². The van der Waals surface area contributed by atoms with Gasteiger partial charge in [-0.1, -0.05) is 0 Å². The summed E-state index contributed by atoms with van der Waals surface area (Å²) in [4.78, 5) is 0. The normalized spacial score (nSPS) is 45.5. The van der Waals surface area contributed by atoms with Crippen LogP contribution in [-0.2, 0) is 4.74 Å². The zero-order valence-corrected chi connectivity index (χ0v) is 6.74. The number of hydrogen-bond acceptors (Lipinski definition) is 6. The topological polar surface area (TPSA) is 142 Å². The summed E-state index contributed by atoms with van der Waals surface area (Å²) >= 11 is 0. The Labute approximate surface area is 74.1 Å². The Hall–Kier alpha value is -0.280. The fourth-order valence-corrected chi connectivity index (χ4v) is 1.08. The van der Waals surface area contributed by atoms with Crippen molar-refractivity contribution in [2.75, 3.05) is 6.61 Å². The Bertz CT molecular complexity index is 147. The van der Waals surface area contributed by atoms with Crippen LogP contribution >= 0.6 is 0 Å². The van der Waals surface area contributed by atoms with E-state index >= 15 is 0 Å². The third kappa shape index (κ3) is 2.35. The maximum atomic E-state index is 9.12. The molecular weight excluding hydrogens is 184 g/mol. The monoisotopic (exact) mass is 198 g/mol. The van der Waals surface area contributed by atoms with Crippen LogP contribution in [0.2, 0.25) is 0 Å². The molecule has 1 aliphatic rings. The molecule has 7 N–H and O–H groups in total. The molecule has 1 rings (SSSR count). The molecule has 80 valence electrons. The minimum atomic E-state index is -1.57. The van der Waals surface area contributed by atoms with Crippen LogP contribution in [0, 0.1) is 0 Å². The summed E-state index contributed by atoms with van der Waals surface area (Å²) in [5.41, 5.74) is 0. The number of aliphatic hydroxyl groups excluding tert-OH is 5. The van der Waals surface area contributed by atoms with E-state index in [4.69, 9.17) is 25.5 Å². The van der Waals surface area contributed by atoms with E-state index in [1.807, 2.05) is 0 Å². The maximum Gasteiger partial charge on any atom is 0.184 e. The lowest BCUT2D eigenvalue weighted by molar-refractivity contribution is -0.286. The second-order valence-corrected chi connectivity index (χ2v) is 2.72. The van der Waals surface area contributed by atoms with Gasteiger partial charge in [0.25, 0.3) is 0 Å². The van der Waals surface area contributed by atoms with Gasteiger partial charge in [0.15, 0.2) is 6.29 Å². The molecular formula is C6H14O7. The zero-order valence-electron chi connectivity index (χ0n) is 6.74. The second-order valence-electron chi connectivity index (χ2n) is 2.72. The van der Waals surface area contributed by atoms with Crippen molar-refractivity contribution in [3.05, 3.63) is 0 Å². The van der Waals surface area contributed by atoms with E-state index in [2.05, 4.69) is 4.74 Å². The third-order valence-corrected chi connectivity index (χ3v) is 1.87. The van der Waals surface area contributed by atoms with Gasteiger partial charge < -0.3 is 35.7 Å². The van der Waals surface area contributed by atoms with Gasteiger partial charge in [-0.2, -0.15) is 0 Å². The van der Waals surface area contributed by atoms with Crippen molar-refractivity contribution >= 4 is 0 Å². The van der Waals surface area contributed by atoms with Gasteiger partial charge in [0.2, 0.25) is 0 Å². The van der Waals surface area contributed by atoms with Crippen molar-refractivity contribution in [3.8, 4) is 0 Å². The quantitative estimate of drug-likeness (QED) is 0.290. The molecule has 7 heteroatoms. The van der Waals surface area contributed by atoms with Gasteiger partial charge in [0.1, 0.15) is 24.4 Å². The van der Waals surface area contributed by atoms with Crippen molar-refractivity contribution in [2.24, 2.45) is 0 Å². The molecule has 0 aliphatic carbocycles. The lowest BCUT2D eigenvalue weighted by Crippen LogP contribution is -2.58. The van der Waals surface area contributed by atoms with E-state index in [0.717, 1.165) is 0 Å².